The van der Waals surface area contributed by atoms with E-state index in [0.29, 0.717) is 25.3 Å². The van der Waals surface area contributed by atoms with Crippen LogP contribution in [-0.2, 0) is 6.18 Å². The second-order valence-electron chi connectivity index (χ2n) is 7.54. The van der Waals surface area contributed by atoms with Gasteiger partial charge < -0.3 is 15.6 Å². The number of alkyl halides is 3. The molecule has 0 bridgehead atoms. The number of hydrogen-bond donors (Lipinski definition) is 2. The standard InChI is InChI=1S/C21H24F3N5/c1-14-4-2-7-18-19(14)27-20(26-18)17(25)13-28-8-10-29(11-9-28)16-6-3-5-15(12-16)21(22,23)24/h2-7,12,17H,8-11,13,25H2,1H3,(H,26,27). The molecular weight excluding hydrogens is 379 g/mol. The molecule has 0 aliphatic carbocycles. The van der Waals surface area contributed by atoms with Crippen LogP contribution in [0.5, 0.6) is 0 Å². The predicted molar refractivity (Wildman–Crippen MR) is 108 cm³/mol. The Bertz CT molecular complexity index is 989. The van der Waals surface area contributed by atoms with Crippen LogP contribution in [0, 0.1) is 6.92 Å². The van der Waals surface area contributed by atoms with Crippen molar-refractivity contribution in [3.63, 3.8) is 0 Å². The summed E-state index contributed by atoms with van der Waals surface area (Å²) in [5, 5.41) is 0. The van der Waals surface area contributed by atoms with E-state index in [1.165, 1.54) is 12.1 Å². The number of rotatable bonds is 4. The van der Waals surface area contributed by atoms with Crippen molar-refractivity contribution >= 4 is 16.7 Å². The molecule has 1 aliphatic rings. The summed E-state index contributed by atoms with van der Waals surface area (Å²) in [6, 6.07) is 11.3. The first kappa shape index (κ1) is 19.7. The van der Waals surface area contributed by atoms with E-state index in [2.05, 4.69) is 14.9 Å². The van der Waals surface area contributed by atoms with Gasteiger partial charge in [0, 0.05) is 38.4 Å². The number of anilines is 1. The first-order chi connectivity index (χ1) is 13.8. The van der Waals surface area contributed by atoms with Crippen LogP contribution in [0.1, 0.15) is 23.0 Å². The summed E-state index contributed by atoms with van der Waals surface area (Å²) >= 11 is 0. The number of para-hydroxylation sites is 1. The average molecular weight is 403 g/mol. The number of aromatic amines is 1. The third-order valence-electron chi connectivity index (χ3n) is 5.45. The van der Waals surface area contributed by atoms with Gasteiger partial charge in [0.1, 0.15) is 5.82 Å². The van der Waals surface area contributed by atoms with Gasteiger partial charge in [-0.15, -0.1) is 0 Å². The topological polar surface area (TPSA) is 61.2 Å². The van der Waals surface area contributed by atoms with Gasteiger partial charge in [0.25, 0.3) is 0 Å². The maximum atomic E-state index is 13.0. The molecule has 1 aliphatic heterocycles. The number of nitrogens with one attached hydrogen (secondary N) is 1. The molecule has 154 valence electrons. The number of nitrogens with zero attached hydrogens (tertiary/aromatic N) is 3. The van der Waals surface area contributed by atoms with E-state index in [-0.39, 0.29) is 6.04 Å². The Morgan fingerprint density at radius 2 is 1.83 bits per heavy atom. The van der Waals surface area contributed by atoms with Crippen LogP contribution in [0.25, 0.3) is 11.0 Å². The van der Waals surface area contributed by atoms with Crippen LogP contribution in [-0.4, -0.2) is 47.6 Å². The van der Waals surface area contributed by atoms with Crippen LogP contribution >= 0.6 is 0 Å². The Morgan fingerprint density at radius 3 is 2.52 bits per heavy atom. The van der Waals surface area contributed by atoms with Crippen LogP contribution in [0.4, 0.5) is 18.9 Å². The summed E-state index contributed by atoms with van der Waals surface area (Å²) in [4.78, 5) is 12.2. The number of H-pyrrole nitrogens is 1. The molecule has 1 atom stereocenters. The third kappa shape index (κ3) is 4.23. The second kappa shape index (κ2) is 7.68. The van der Waals surface area contributed by atoms with Gasteiger partial charge in [-0.25, -0.2) is 4.98 Å². The number of hydrogen-bond acceptors (Lipinski definition) is 4. The van der Waals surface area contributed by atoms with E-state index >= 15 is 0 Å². The molecule has 3 N–H and O–H groups in total. The fourth-order valence-corrected chi connectivity index (χ4v) is 3.80. The van der Waals surface area contributed by atoms with Crippen LogP contribution < -0.4 is 10.6 Å². The van der Waals surface area contributed by atoms with Crippen molar-refractivity contribution in [3.8, 4) is 0 Å². The molecule has 1 saturated heterocycles. The van der Waals surface area contributed by atoms with Gasteiger partial charge in [0.2, 0.25) is 0 Å². The lowest BCUT2D eigenvalue weighted by molar-refractivity contribution is -0.137. The molecule has 2 aromatic carbocycles. The van der Waals surface area contributed by atoms with Gasteiger partial charge in [-0.05, 0) is 36.8 Å². The van der Waals surface area contributed by atoms with Gasteiger partial charge in [0.15, 0.2) is 0 Å². The minimum absolute atomic E-state index is 0.248. The summed E-state index contributed by atoms with van der Waals surface area (Å²) in [5.41, 5.74) is 9.39. The average Bonchev–Trinajstić information content (AvgIpc) is 3.14. The van der Waals surface area contributed by atoms with Crippen molar-refractivity contribution in [2.75, 3.05) is 37.6 Å². The maximum Gasteiger partial charge on any atom is 0.416 e. The van der Waals surface area contributed by atoms with Crippen molar-refractivity contribution in [2.45, 2.75) is 19.1 Å². The van der Waals surface area contributed by atoms with E-state index in [1.807, 2.05) is 30.0 Å². The Hall–Kier alpha value is -2.58. The molecule has 0 amide bonds. The first-order valence-corrected chi connectivity index (χ1v) is 9.66. The molecule has 1 unspecified atom stereocenters. The molecule has 1 fully saturated rings. The smallest absolute Gasteiger partial charge is 0.369 e. The van der Waals surface area contributed by atoms with Crippen molar-refractivity contribution < 1.29 is 13.2 Å². The highest BCUT2D eigenvalue weighted by Crippen LogP contribution is 2.32. The fraction of sp³-hybridized carbons (Fsp3) is 0.381. The Kier molecular flexibility index (Phi) is 5.23. The van der Waals surface area contributed by atoms with Gasteiger partial charge in [-0.1, -0.05) is 18.2 Å². The Labute approximate surface area is 167 Å². The predicted octanol–water partition coefficient (Wildman–Crippen LogP) is 3.71. The summed E-state index contributed by atoms with van der Waals surface area (Å²) in [5.74, 6) is 0.759. The Balaban J connectivity index is 1.38. The SMILES string of the molecule is Cc1cccc2[nH]c(C(N)CN3CCN(c4cccc(C(F)(F)F)c4)CC3)nc12. The lowest BCUT2D eigenvalue weighted by atomic mass is 10.1. The molecule has 5 nitrogen and oxygen atoms in total. The van der Waals surface area contributed by atoms with Crippen LogP contribution in [0.2, 0.25) is 0 Å². The molecule has 8 heteroatoms. The van der Waals surface area contributed by atoms with E-state index in [0.717, 1.165) is 41.6 Å². The number of fused-ring (bicyclic) bond motifs is 1. The second-order valence-corrected chi connectivity index (χ2v) is 7.54. The zero-order valence-corrected chi connectivity index (χ0v) is 16.2. The normalized spacial score (nSPS) is 17.1. The molecule has 0 radical (unpaired) electrons. The molecule has 4 rings (SSSR count). The maximum absolute atomic E-state index is 13.0. The zero-order valence-electron chi connectivity index (χ0n) is 16.2. The molecule has 2 heterocycles. The lowest BCUT2D eigenvalue weighted by Crippen LogP contribution is -2.48. The van der Waals surface area contributed by atoms with E-state index in [9.17, 15) is 13.2 Å². The van der Waals surface area contributed by atoms with Gasteiger partial charge in [-0.3, -0.25) is 4.90 Å². The van der Waals surface area contributed by atoms with Crippen LogP contribution in [0.3, 0.4) is 0 Å². The lowest BCUT2D eigenvalue weighted by Gasteiger charge is -2.37. The summed E-state index contributed by atoms with van der Waals surface area (Å²) in [6.45, 7) is 5.47. The number of imidazole rings is 1. The van der Waals surface area contributed by atoms with Gasteiger partial charge in [-0.2, -0.15) is 13.2 Å². The van der Waals surface area contributed by atoms with Gasteiger partial charge in [0.05, 0.1) is 22.6 Å². The minimum Gasteiger partial charge on any atom is -0.369 e. The highest BCUT2D eigenvalue weighted by atomic mass is 19.4. The van der Waals surface area contributed by atoms with E-state index in [4.69, 9.17) is 5.73 Å². The molecule has 3 aromatic rings. The monoisotopic (exact) mass is 403 g/mol. The quantitative estimate of drug-likeness (QED) is 0.697. The molecule has 0 saturated carbocycles. The number of aromatic nitrogens is 2. The highest BCUT2D eigenvalue weighted by molar-refractivity contribution is 5.78. The van der Waals surface area contributed by atoms with Crippen molar-refractivity contribution in [1.82, 2.24) is 14.9 Å². The number of benzene rings is 2. The molecule has 29 heavy (non-hydrogen) atoms. The summed E-state index contributed by atoms with van der Waals surface area (Å²) in [6.07, 6.45) is -4.32. The largest absolute Gasteiger partial charge is 0.416 e. The van der Waals surface area contributed by atoms with E-state index in [1.54, 1.807) is 6.07 Å². The van der Waals surface area contributed by atoms with Crippen molar-refractivity contribution in [3.05, 3.63) is 59.4 Å². The Morgan fingerprint density at radius 1 is 1.10 bits per heavy atom. The van der Waals surface area contributed by atoms with Gasteiger partial charge >= 0.3 is 6.18 Å². The third-order valence-corrected chi connectivity index (χ3v) is 5.45. The fourth-order valence-electron chi connectivity index (χ4n) is 3.80. The van der Waals surface area contributed by atoms with Crippen molar-refractivity contribution in [1.29, 1.82) is 0 Å². The molecular formula is C21H24F3N5. The summed E-state index contributed by atoms with van der Waals surface area (Å²) in [7, 11) is 0. The van der Waals surface area contributed by atoms with E-state index < -0.39 is 11.7 Å². The van der Waals surface area contributed by atoms with Crippen molar-refractivity contribution in [2.24, 2.45) is 5.73 Å². The number of nitrogens with two attached hydrogens (primary N) is 1. The molecule has 0 spiro atoms. The highest BCUT2D eigenvalue weighted by Gasteiger charge is 2.31. The molecule has 1 aromatic heterocycles. The zero-order chi connectivity index (χ0) is 20.6. The first-order valence-electron chi connectivity index (χ1n) is 9.66. The summed E-state index contributed by atoms with van der Waals surface area (Å²) < 4.78 is 38.9. The minimum atomic E-state index is -4.32. The number of piperazine rings is 1. The number of halogens is 3. The van der Waals surface area contributed by atoms with Crippen LogP contribution in [0.15, 0.2) is 42.5 Å². The number of aryl methyl sites for hydroxylation is 1.